The highest BCUT2D eigenvalue weighted by Gasteiger charge is 2.38. The summed E-state index contributed by atoms with van der Waals surface area (Å²) in [7, 11) is 1.32. The van der Waals surface area contributed by atoms with Gasteiger partial charge in [0.15, 0.2) is 0 Å². The highest BCUT2D eigenvalue weighted by Crippen LogP contribution is 2.36. The largest absolute Gasteiger partial charge is 0.494 e. The number of hydrogen-bond donors (Lipinski definition) is 0. The van der Waals surface area contributed by atoms with Crippen LogP contribution < -0.4 is 9.64 Å². The molecule has 0 radical (unpaired) electrons. The van der Waals surface area contributed by atoms with Crippen molar-refractivity contribution >= 4 is 35.0 Å². The van der Waals surface area contributed by atoms with E-state index in [1.165, 1.54) is 23.3 Å². The molecule has 1 aliphatic rings. The van der Waals surface area contributed by atoms with Crippen molar-refractivity contribution in [3.8, 4) is 5.75 Å². The Hall–Kier alpha value is -2.86. The lowest BCUT2D eigenvalue weighted by Crippen LogP contribution is -2.24. The molecule has 0 unspecified atom stereocenters. The van der Waals surface area contributed by atoms with Crippen molar-refractivity contribution in [2.75, 3.05) is 18.6 Å². The zero-order chi connectivity index (χ0) is 19.6. The smallest absolute Gasteiger partial charge is 0.340 e. The van der Waals surface area contributed by atoms with Gasteiger partial charge in [0, 0.05) is 16.3 Å². The predicted octanol–water partition coefficient (Wildman–Crippen LogP) is 4.33. The first-order chi connectivity index (χ1) is 13.0. The third-order valence-corrected chi connectivity index (χ3v) is 5.34. The summed E-state index contributed by atoms with van der Waals surface area (Å²) >= 11 is 1.53. The van der Waals surface area contributed by atoms with E-state index in [0.717, 1.165) is 16.2 Å². The summed E-state index contributed by atoms with van der Waals surface area (Å²) in [5.41, 5.74) is 2.93. The van der Waals surface area contributed by atoms with Crippen LogP contribution in [0.4, 0.5) is 5.69 Å². The van der Waals surface area contributed by atoms with Crippen LogP contribution in [0.5, 0.6) is 5.75 Å². The van der Waals surface area contributed by atoms with E-state index in [2.05, 4.69) is 0 Å². The molecule has 0 aliphatic carbocycles. The van der Waals surface area contributed by atoms with E-state index in [9.17, 15) is 9.59 Å². The van der Waals surface area contributed by atoms with E-state index >= 15 is 0 Å². The second-order valence-corrected chi connectivity index (χ2v) is 6.99. The number of carbonyl (C=O) groups excluding carboxylic acids is 2. The van der Waals surface area contributed by atoms with Crippen LogP contribution in [0.3, 0.4) is 0 Å². The summed E-state index contributed by atoms with van der Waals surface area (Å²) in [5, 5.41) is 1.96. The van der Waals surface area contributed by atoms with E-state index in [1.54, 1.807) is 25.1 Å². The summed E-state index contributed by atoms with van der Waals surface area (Å²) in [6.07, 6.45) is 1.77. The number of aryl methyl sites for hydroxylation is 1. The molecule has 0 N–H and O–H groups in total. The molecule has 0 fully saturated rings. The average molecular weight is 383 g/mol. The first kappa shape index (κ1) is 18.9. The molecule has 0 saturated carbocycles. The monoisotopic (exact) mass is 383 g/mol. The maximum Gasteiger partial charge on any atom is 0.340 e. The fraction of sp³-hybridized carbons (Fsp3) is 0.238. The molecule has 0 spiro atoms. The van der Waals surface area contributed by atoms with Gasteiger partial charge in [-0.1, -0.05) is 0 Å². The van der Waals surface area contributed by atoms with E-state index in [-0.39, 0.29) is 5.91 Å². The second-order valence-electron chi connectivity index (χ2n) is 6.05. The van der Waals surface area contributed by atoms with Gasteiger partial charge < -0.3 is 9.47 Å². The average Bonchev–Trinajstić information content (AvgIpc) is 3.17. The van der Waals surface area contributed by atoms with Gasteiger partial charge in [0.1, 0.15) is 5.75 Å². The van der Waals surface area contributed by atoms with Crippen LogP contribution in [-0.4, -0.2) is 25.6 Å². The number of esters is 1. The highest BCUT2D eigenvalue weighted by atomic mass is 32.1. The number of thiophene rings is 1. The Kier molecular flexibility index (Phi) is 5.46. The van der Waals surface area contributed by atoms with Gasteiger partial charge in [0.05, 0.1) is 24.9 Å². The van der Waals surface area contributed by atoms with Gasteiger partial charge in [-0.05, 0) is 68.1 Å². The highest BCUT2D eigenvalue weighted by molar-refractivity contribution is 7.11. The van der Waals surface area contributed by atoms with E-state index < -0.39 is 5.97 Å². The van der Waals surface area contributed by atoms with Crippen LogP contribution in [0.1, 0.15) is 24.3 Å². The summed E-state index contributed by atoms with van der Waals surface area (Å²) < 4.78 is 10.4. The lowest BCUT2D eigenvalue weighted by atomic mass is 10.1. The van der Waals surface area contributed by atoms with Gasteiger partial charge in [-0.15, -0.1) is 11.3 Å². The van der Waals surface area contributed by atoms with Crippen LogP contribution in [0, 0.1) is 6.92 Å². The number of methoxy groups -OCH3 is 1. The molecule has 2 heterocycles. The molecule has 1 aliphatic heterocycles. The first-order valence-electron chi connectivity index (χ1n) is 8.60. The molecular formula is C21H21NO4S. The number of ether oxygens (including phenoxy) is 2. The number of rotatable bonds is 5. The minimum Gasteiger partial charge on any atom is -0.494 e. The molecule has 1 amide bonds. The Bertz CT molecular complexity index is 937. The Morgan fingerprint density at radius 2 is 1.89 bits per heavy atom. The van der Waals surface area contributed by atoms with Crippen molar-refractivity contribution in [3.63, 3.8) is 0 Å². The number of amides is 1. The first-order valence-corrected chi connectivity index (χ1v) is 9.48. The minimum atomic E-state index is -0.519. The van der Waals surface area contributed by atoms with Gasteiger partial charge >= 0.3 is 5.97 Å². The molecule has 6 heteroatoms. The van der Waals surface area contributed by atoms with Gasteiger partial charge in [-0.3, -0.25) is 9.69 Å². The van der Waals surface area contributed by atoms with Gasteiger partial charge in [0.2, 0.25) is 0 Å². The standard InChI is InChI=1S/C21H21NO4S/c1-5-26-16-8-6-15(7-9-16)22-14(3)19(21(24)25-4)17(20(22)23)12-18-13(2)10-11-27-18/h6-12H,5H2,1-4H3. The van der Waals surface area contributed by atoms with E-state index in [0.29, 0.717) is 29.1 Å². The fourth-order valence-corrected chi connectivity index (χ4v) is 3.87. The summed E-state index contributed by atoms with van der Waals surface area (Å²) in [6, 6.07) is 9.21. The fourth-order valence-electron chi connectivity index (χ4n) is 3.01. The van der Waals surface area contributed by atoms with Crippen molar-refractivity contribution in [3.05, 3.63) is 63.0 Å². The van der Waals surface area contributed by atoms with Crippen LogP contribution in [-0.2, 0) is 14.3 Å². The lowest BCUT2D eigenvalue weighted by Gasteiger charge is -2.18. The second kappa shape index (κ2) is 7.80. The van der Waals surface area contributed by atoms with Crippen LogP contribution in [0.15, 0.2) is 52.6 Å². The zero-order valence-electron chi connectivity index (χ0n) is 15.7. The van der Waals surface area contributed by atoms with Gasteiger partial charge in [-0.25, -0.2) is 4.79 Å². The van der Waals surface area contributed by atoms with Crippen LogP contribution >= 0.6 is 11.3 Å². The molecular weight excluding hydrogens is 362 g/mol. The predicted molar refractivity (Wildman–Crippen MR) is 107 cm³/mol. The third-order valence-electron chi connectivity index (χ3n) is 4.37. The van der Waals surface area contributed by atoms with Crippen molar-refractivity contribution in [1.82, 2.24) is 0 Å². The number of carbonyl (C=O) groups is 2. The number of hydrogen-bond acceptors (Lipinski definition) is 5. The number of benzene rings is 1. The molecule has 0 saturated heterocycles. The zero-order valence-corrected chi connectivity index (χ0v) is 16.6. The SMILES string of the molecule is CCOc1ccc(N2C(=O)C(=Cc3sccc3C)C(C(=O)OC)=C2C)cc1. The van der Waals surface area contributed by atoms with E-state index in [1.807, 2.05) is 37.4 Å². The summed E-state index contributed by atoms with van der Waals surface area (Å²) in [4.78, 5) is 28.1. The van der Waals surface area contributed by atoms with Crippen molar-refractivity contribution in [2.45, 2.75) is 20.8 Å². The van der Waals surface area contributed by atoms with Gasteiger partial charge in [0.25, 0.3) is 5.91 Å². The molecule has 0 bridgehead atoms. The van der Waals surface area contributed by atoms with Crippen molar-refractivity contribution in [1.29, 1.82) is 0 Å². The summed E-state index contributed by atoms with van der Waals surface area (Å²) in [5.74, 6) is -0.0349. The molecule has 3 rings (SSSR count). The van der Waals surface area contributed by atoms with Crippen molar-refractivity contribution in [2.24, 2.45) is 0 Å². The number of nitrogens with zero attached hydrogens (tertiary/aromatic N) is 1. The minimum absolute atomic E-state index is 0.246. The third kappa shape index (κ3) is 3.53. The van der Waals surface area contributed by atoms with Gasteiger partial charge in [-0.2, -0.15) is 0 Å². The van der Waals surface area contributed by atoms with Crippen molar-refractivity contribution < 1.29 is 19.1 Å². The Balaban J connectivity index is 2.07. The summed E-state index contributed by atoms with van der Waals surface area (Å²) in [6.45, 7) is 6.21. The van der Waals surface area contributed by atoms with Crippen LogP contribution in [0.2, 0.25) is 0 Å². The molecule has 1 aromatic heterocycles. The normalized spacial score (nSPS) is 15.6. The number of allylic oxidation sites excluding steroid dienone is 1. The molecule has 27 heavy (non-hydrogen) atoms. The molecule has 140 valence electrons. The van der Waals surface area contributed by atoms with E-state index in [4.69, 9.17) is 9.47 Å². The Morgan fingerprint density at radius 1 is 1.19 bits per heavy atom. The maximum absolute atomic E-state index is 13.2. The molecule has 0 atom stereocenters. The quantitative estimate of drug-likeness (QED) is 0.570. The Morgan fingerprint density at radius 3 is 2.44 bits per heavy atom. The molecule has 1 aromatic carbocycles. The Labute approximate surface area is 162 Å². The number of anilines is 1. The topological polar surface area (TPSA) is 55.8 Å². The maximum atomic E-state index is 13.2. The molecule has 5 nitrogen and oxygen atoms in total. The lowest BCUT2D eigenvalue weighted by molar-refractivity contribution is -0.136. The molecule has 2 aromatic rings. The van der Waals surface area contributed by atoms with Crippen LogP contribution in [0.25, 0.3) is 6.08 Å².